The van der Waals surface area contributed by atoms with Gasteiger partial charge in [-0.3, -0.25) is 9.69 Å². The number of aromatic amines is 1. The van der Waals surface area contributed by atoms with Crippen LogP contribution >= 0.6 is 0 Å². The van der Waals surface area contributed by atoms with Crippen molar-refractivity contribution in [1.82, 2.24) is 9.88 Å². The molecule has 2 aromatic rings. The number of hydrogen-bond donors (Lipinski definition) is 2. The van der Waals surface area contributed by atoms with Gasteiger partial charge in [0.05, 0.1) is 6.54 Å². The lowest BCUT2D eigenvalue weighted by molar-refractivity contribution is -0.138. The van der Waals surface area contributed by atoms with Crippen LogP contribution in [-0.4, -0.2) is 40.6 Å². The number of piperidine rings is 1. The molecule has 1 fully saturated rings. The van der Waals surface area contributed by atoms with Gasteiger partial charge in [0.15, 0.2) is 0 Å². The Kier molecular flexibility index (Phi) is 3.74. The van der Waals surface area contributed by atoms with E-state index in [2.05, 4.69) is 34.3 Å². The second-order valence-corrected chi connectivity index (χ2v) is 5.70. The van der Waals surface area contributed by atoms with Crippen molar-refractivity contribution in [3.8, 4) is 0 Å². The minimum absolute atomic E-state index is 0.171. The predicted molar refractivity (Wildman–Crippen MR) is 78.8 cm³/mol. The zero-order chi connectivity index (χ0) is 13.9. The topological polar surface area (TPSA) is 56.3 Å². The summed E-state index contributed by atoms with van der Waals surface area (Å²) in [4.78, 5) is 16.2. The molecule has 1 aromatic heterocycles. The predicted octanol–water partition coefficient (Wildman–Crippen LogP) is 2.51. The van der Waals surface area contributed by atoms with Gasteiger partial charge in [0.2, 0.25) is 0 Å². The molecule has 1 atom stereocenters. The van der Waals surface area contributed by atoms with E-state index < -0.39 is 5.97 Å². The number of para-hydroxylation sites is 1. The molecule has 1 aliphatic rings. The molecule has 3 rings (SSSR count). The monoisotopic (exact) mass is 272 g/mol. The third kappa shape index (κ3) is 2.85. The van der Waals surface area contributed by atoms with Gasteiger partial charge in [-0.2, -0.15) is 0 Å². The first-order chi connectivity index (χ1) is 9.72. The molecule has 0 amide bonds. The molecule has 1 aromatic carbocycles. The van der Waals surface area contributed by atoms with E-state index >= 15 is 0 Å². The van der Waals surface area contributed by atoms with E-state index in [0.717, 1.165) is 25.9 Å². The van der Waals surface area contributed by atoms with Crippen LogP contribution in [0, 0.1) is 5.92 Å². The lowest BCUT2D eigenvalue weighted by Gasteiger charge is -2.31. The van der Waals surface area contributed by atoms with E-state index in [-0.39, 0.29) is 6.54 Å². The normalized spacial score (nSPS) is 20.3. The fourth-order valence-electron chi connectivity index (χ4n) is 3.26. The average Bonchev–Trinajstić information content (AvgIpc) is 2.82. The fraction of sp³-hybridized carbons (Fsp3) is 0.438. The van der Waals surface area contributed by atoms with Crippen molar-refractivity contribution < 1.29 is 9.90 Å². The molecule has 0 spiro atoms. The van der Waals surface area contributed by atoms with Gasteiger partial charge in [-0.1, -0.05) is 18.2 Å². The average molecular weight is 272 g/mol. The van der Waals surface area contributed by atoms with Crippen LogP contribution in [-0.2, 0) is 11.2 Å². The van der Waals surface area contributed by atoms with Crippen LogP contribution in [0.5, 0.6) is 0 Å². The lowest BCUT2D eigenvalue weighted by Crippen LogP contribution is -2.39. The van der Waals surface area contributed by atoms with Crippen LogP contribution in [0.2, 0.25) is 0 Å². The number of benzene rings is 1. The Bertz CT molecular complexity index is 605. The summed E-state index contributed by atoms with van der Waals surface area (Å²) in [6.45, 7) is 1.98. The van der Waals surface area contributed by atoms with E-state index in [1.807, 2.05) is 6.07 Å². The van der Waals surface area contributed by atoms with Gasteiger partial charge in [0.1, 0.15) is 0 Å². The molecule has 1 saturated heterocycles. The van der Waals surface area contributed by atoms with Crippen molar-refractivity contribution in [2.75, 3.05) is 19.6 Å². The molecule has 1 unspecified atom stereocenters. The number of H-pyrrole nitrogens is 1. The van der Waals surface area contributed by atoms with E-state index in [9.17, 15) is 4.79 Å². The molecule has 4 heteroatoms. The number of carboxylic acids is 1. The first-order valence-corrected chi connectivity index (χ1v) is 7.21. The maximum Gasteiger partial charge on any atom is 0.317 e. The van der Waals surface area contributed by atoms with E-state index in [0.29, 0.717) is 5.92 Å². The van der Waals surface area contributed by atoms with Gasteiger partial charge in [-0.25, -0.2) is 0 Å². The third-order valence-corrected chi connectivity index (χ3v) is 4.15. The quantitative estimate of drug-likeness (QED) is 0.899. The summed E-state index contributed by atoms with van der Waals surface area (Å²) in [6.07, 6.45) is 5.41. The van der Waals surface area contributed by atoms with Crippen molar-refractivity contribution in [2.24, 2.45) is 5.92 Å². The Hall–Kier alpha value is -1.81. The van der Waals surface area contributed by atoms with E-state index in [4.69, 9.17) is 5.11 Å². The number of likely N-dealkylation sites (tertiary alicyclic amines) is 1. The Balaban J connectivity index is 1.69. The molecule has 0 saturated carbocycles. The fourth-order valence-corrected chi connectivity index (χ4v) is 3.26. The van der Waals surface area contributed by atoms with Crippen molar-refractivity contribution in [1.29, 1.82) is 0 Å². The van der Waals surface area contributed by atoms with Crippen LogP contribution < -0.4 is 0 Å². The Labute approximate surface area is 118 Å². The molecule has 4 nitrogen and oxygen atoms in total. The van der Waals surface area contributed by atoms with Crippen molar-refractivity contribution >= 4 is 16.9 Å². The first-order valence-electron chi connectivity index (χ1n) is 7.21. The summed E-state index contributed by atoms with van der Waals surface area (Å²) in [5, 5.41) is 10.2. The third-order valence-electron chi connectivity index (χ3n) is 4.15. The SMILES string of the molecule is O=C(O)CN1CCCC(Cc2c[nH]c3ccccc23)C1. The Morgan fingerprint density at radius 1 is 1.40 bits per heavy atom. The van der Waals surface area contributed by atoms with Gasteiger partial charge >= 0.3 is 5.97 Å². The van der Waals surface area contributed by atoms with Crippen LogP contribution in [0.15, 0.2) is 30.5 Å². The smallest absolute Gasteiger partial charge is 0.317 e. The highest BCUT2D eigenvalue weighted by Crippen LogP contribution is 2.25. The molecule has 0 radical (unpaired) electrons. The molecule has 0 aliphatic carbocycles. The molecule has 106 valence electrons. The Morgan fingerprint density at radius 2 is 2.25 bits per heavy atom. The largest absolute Gasteiger partial charge is 0.480 e. The highest BCUT2D eigenvalue weighted by atomic mass is 16.4. The van der Waals surface area contributed by atoms with Crippen LogP contribution in [0.1, 0.15) is 18.4 Å². The number of rotatable bonds is 4. The van der Waals surface area contributed by atoms with Gasteiger partial charge in [0, 0.05) is 23.6 Å². The van der Waals surface area contributed by atoms with Gasteiger partial charge < -0.3 is 10.1 Å². The van der Waals surface area contributed by atoms with E-state index in [1.165, 1.54) is 22.9 Å². The molecule has 2 N–H and O–H groups in total. The van der Waals surface area contributed by atoms with Crippen LogP contribution in [0.4, 0.5) is 0 Å². The second-order valence-electron chi connectivity index (χ2n) is 5.70. The highest BCUT2D eigenvalue weighted by molar-refractivity contribution is 5.83. The molecule has 0 bridgehead atoms. The van der Waals surface area contributed by atoms with Gasteiger partial charge in [-0.05, 0) is 43.4 Å². The summed E-state index contributed by atoms with van der Waals surface area (Å²) >= 11 is 0. The number of aromatic nitrogens is 1. The molecular weight excluding hydrogens is 252 g/mol. The van der Waals surface area contributed by atoms with Crippen LogP contribution in [0.3, 0.4) is 0 Å². The maximum atomic E-state index is 10.8. The summed E-state index contributed by atoms with van der Waals surface area (Å²) in [5.41, 5.74) is 2.53. The summed E-state index contributed by atoms with van der Waals surface area (Å²) in [6, 6.07) is 8.35. The van der Waals surface area contributed by atoms with Gasteiger partial charge in [-0.15, -0.1) is 0 Å². The number of nitrogens with one attached hydrogen (secondary N) is 1. The number of hydrogen-bond acceptors (Lipinski definition) is 2. The zero-order valence-electron chi connectivity index (χ0n) is 11.5. The zero-order valence-corrected chi connectivity index (χ0v) is 11.5. The van der Waals surface area contributed by atoms with Crippen molar-refractivity contribution in [3.05, 3.63) is 36.0 Å². The first kappa shape index (κ1) is 13.2. The minimum atomic E-state index is -0.724. The van der Waals surface area contributed by atoms with Gasteiger partial charge in [0.25, 0.3) is 0 Å². The van der Waals surface area contributed by atoms with Crippen molar-refractivity contribution in [2.45, 2.75) is 19.3 Å². The van der Waals surface area contributed by atoms with E-state index in [1.54, 1.807) is 0 Å². The number of carboxylic acid groups (broad SMARTS) is 1. The second kappa shape index (κ2) is 5.67. The minimum Gasteiger partial charge on any atom is -0.480 e. The van der Waals surface area contributed by atoms with Crippen LogP contribution in [0.25, 0.3) is 10.9 Å². The molecule has 2 heterocycles. The highest BCUT2D eigenvalue weighted by Gasteiger charge is 2.22. The Morgan fingerprint density at radius 3 is 3.10 bits per heavy atom. The number of carbonyl (C=O) groups is 1. The summed E-state index contributed by atoms with van der Waals surface area (Å²) < 4.78 is 0. The lowest BCUT2D eigenvalue weighted by atomic mass is 9.91. The summed E-state index contributed by atoms with van der Waals surface area (Å²) in [5.74, 6) is -0.167. The standard InChI is InChI=1S/C16H20N2O2/c19-16(20)11-18-7-3-4-12(10-18)8-13-9-17-15-6-2-1-5-14(13)15/h1-2,5-6,9,12,17H,3-4,7-8,10-11H2,(H,19,20). The molecule has 1 aliphatic heterocycles. The van der Waals surface area contributed by atoms with Crippen molar-refractivity contribution in [3.63, 3.8) is 0 Å². The number of aliphatic carboxylic acids is 1. The number of nitrogens with zero attached hydrogens (tertiary/aromatic N) is 1. The molecule has 20 heavy (non-hydrogen) atoms. The number of fused-ring (bicyclic) bond motifs is 1. The molecular formula is C16H20N2O2. The maximum absolute atomic E-state index is 10.8. The summed E-state index contributed by atoms with van der Waals surface area (Å²) in [7, 11) is 0.